The Bertz CT molecular complexity index is 351. The molecule has 0 N–H and O–H groups in total. The van der Waals surface area contributed by atoms with Crippen molar-refractivity contribution in [2.45, 2.75) is 13.0 Å². The standard InChI is InChI=1S/C12H16O4/c1-8(14-2)12(13)11-9(15-3)6-5-7-10(11)16-4/h5-8H,1-4H3. The highest BCUT2D eigenvalue weighted by molar-refractivity contribution is 6.04. The quantitative estimate of drug-likeness (QED) is 0.717. The highest BCUT2D eigenvalue weighted by Crippen LogP contribution is 2.29. The summed E-state index contributed by atoms with van der Waals surface area (Å²) in [5.74, 6) is 0.832. The van der Waals surface area contributed by atoms with E-state index < -0.39 is 6.10 Å². The van der Waals surface area contributed by atoms with Crippen molar-refractivity contribution < 1.29 is 19.0 Å². The normalized spacial score (nSPS) is 12.0. The van der Waals surface area contributed by atoms with Gasteiger partial charge in [-0.15, -0.1) is 0 Å². The number of Topliss-reactive ketones (excluding diaryl/α,β-unsaturated/α-hetero) is 1. The van der Waals surface area contributed by atoms with Gasteiger partial charge in [-0.1, -0.05) is 6.07 Å². The van der Waals surface area contributed by atoms with Gasteiger partial charge in [0.05, 0.1) is 14.2 Å². The van der Waals surface area contributed by atoms with E-state index in [1.165, 1.54) is 21.3 Å². The summed E-state index contributed by atoms with van der Waals surface area (Å²) in [6.07, 6.45) is -0.523. The molecule has 0 amide bonds. The van der Waals surface area contributed by atoms with E-state index in [4.69, 9.17) is 14.2 Å². The molecule has 0 heterocycles. The van der Waals surface area contributed by atoms with E-state index in [-0.39, 0.29) is 5.78 Å². The van der Waals surface area contributed by atoms with Crippen molar-refractivity contribution in [3.8, 4) is 11.5 Å². The van der Waals surface area contributed by atoms with Crippen molar-refractivity contribution in [1.82, 2.24) is 0 Å². The summed E-state index contributed by atoms with van der Waals surface area (Å²) in [5, 5.41) is 0. The van der Waals surface area contributed by atoms with Crippen molar-refractivity contribution in [2.24, 2.45) is 0 Å². The number of carbonyl (C=O) groups is 1. The predicted molar refractivity (Wildman–Crippen MR) is 60.3 cm³/mol. The zero-order valence-corrected chi connectivity index (χ0v) is 9.94. The molecule has 16 heavy (non-hydrogen) atoms. The molecule has 1 aromatic carbocycles. The molecule has 0 bridgehead atoms. The number of methoxy groups -OCH3 is 3. The van der Waals surface area contributed by atoms with Crippen LogP contribution < -0.4 is 9.47 Å². The lowest BCUT2D eigenvalue weighted by Gasteiger charge is -2.14. The van der Waals surface area contributed by atoms with Gasteiger partial charge in [0.2, 0.25) is 0 Å². The highest BCUT2D eigenvalue weighted by atomic mass is 16.5. The molecule has 1 unspecified atom stereocenters. The van der Waals surface area contributed by atoms with E-state index in [1.54, 1.807) is 25.1 Å². The van der Waals surface area contributed by atoms with Crippen molar-refractivity contribution in [3.63, 3.8) is 0 Å². The summed E-state index contributed by atoms with van der Waals surface area (Å²) in [5.41, 5.74) is 0.418. The fourth-order valence-corrected chi connectivity index (χ4v) is 1.40. The third-order valence-electron chi connectivity index (χ3n) is 2.40. The molecule has 0 spiro atoms. The van der Waals surface area contributed by atoms with Crippen molar-refractivity contribution in [2.75, 3.05) is 21.3 Å². The van der Waals surface area contributed by atoms with Gasteiger partial charge in [-0.05, 0) is 19.1 Å². The second kappa shape index (κ2) is 5.51. The summed E-state index contributed by atoms with van der Waals surface area (Å²) in [7, 11) is 4.52. The van der Waals surface area contributed by atoms with Gasteiger partial charge < -0.3 is 14.2 Å². The lowest BCUT2D eigenvalue weighted by atomic mass is 10.0. The number of benzene rings is 1. The maximum Gasteiger partial charge on any atom is 0.198 e. The van der Waals surface area contributed by atoms with Gasteiger partial charge in [0, 0.05) is 7.11 Å². The average Bonchev–Trinajstić information content (AvgIpc) is 2.35. The molecule has 88 valence electrons. The largest absolute Gasteiger partial charge is 0.496 e. The molecule has 0 aliphatic rings. The molecule has 0 saturated carbocycles. The molecule has 0 aromatic heterocycles. The maximum atomic E-state index is 12.1. The molecular weight excluding hydrogens is 208 g/mol. The molecule has 0 aliphatic heterocycles. The van der Waals surface area contributed by atoms with Gasteiger partial charge >= 0.3 is 0 Å². The molecule has 0 radical (unpaired) electrons. The van der Waals surface area contributed by atoms with Gasteiger partial charge in [0.25, 0.3) is 0 Å². The molecule has 4 heteroatoms. The molecule has 1 rings (SSSR count). The second-order valence-corrected chi connectivity index (χ2v) is 3.28. The highest BCUT2D eigenvalue weighted by Gasteiger charge is 2.22. The fraction of sp³-hybridized carbons (Fsp3) is 0.417. The first kappa shape index (κ1) is 12.5. The van der Waals surface area contributed by atoms with E-state index in [9.17, 15) is 4.79 Å². The van der Waals surface area contributed by atoms with Gasteiger partial charge in [0.15, 0.2) is 5.78 Å². The average molecular weight is 224 g/mol. The smallest absolute Gasteiger partial charge is 0.198 e. The van der Waals surface area contributed by atoms with Crippen LogP contribution >= 0.6 is 0 Å². The lowest BCUT2D eigenvalue weighted by Crippen LogP contribution is -2.20. The topological polar surface area (TPSA) is 44.8 Å². The third kappa shape index (κ3) is 2.33. The van der Waals surface area contributed by atoms with E-state index in [2.05, 4.69) is 0 Å². The fourth-order valence-electron chi connectivity index (χ4n) is 1.40. The summed E-state index contributed by atoms with van der Waals surface area (Å²) in [6.45, 7) is 1.69. The van der Waals surface area contributed by atoms with Crippen molar-refractivity contribution >= 4 is 5.78 Å². The van der Waals surface area contributed by atoms with Crippen molar-refractivity contribution in [1.29, 1.82) is 0 Å². The van der Waals surface area contributed by atoms with Crippen LogP contribution in [0, 0.1) is 0 Å². The van der Waals surface area contributed by atoms with Crippen LogP contribution in [0.3, 0.4) is 0 Å². The van der Waals surface area contributed by atoms with Gasteiger partial charge in [-0.3, -0.25) is 4.79 Å². The summed E-state index contributed by atoms with van der Waals surface area (Å²) >= 11 is 0. The molecule has 4 nitrogen and oxygen atoms in total. The number of ketones is 1. The van der Waals surface area contributed by atoms with Crippen LogP contribution in [-0.4, -0.2) is 33.2 Å². The predicted octanol–water partition coefficient (Wildman–Crippen LogP) is 1.92. The van der Waals surface area contributed by atoms with Crippen LogP contribution in [-0.2, 0) is 4.74 Å². The minimum atomic E-state index is -0.523. The zero-order chi connectivity index (χ0) is 12.1. The molecule has 0 fully saturated rings. The number of rotatable bonds is 5. The zero-order valence-electron chi connectivity index (χ0n) is 9.94. The van der Waals surface area contributed by atoms with Gasteiger partial charge in [-0.2, -0.15) is 0 Å². The Morgan fingerprint density at radius 2 is 1.62 bits per heavy atom. The first-order valence-electron chi connectivity index (χ1n) is 4.93. The second-order valence-electron chi connectivity index (χ2n) is 3.28. The number of ether oxygens (including phenoxy) is 3. The van der Waals surface area contributed by atoms with Gasteiger partial charge in [0.1, 0.15) is 23.2 Å². The van der Waals surface area contributed by atoms with E-state index in [0.29, 0.717) is 17.1 Å². The SMILES string of the molecule is COc1cccc(OC)c1C(=O)C(C)OC. The Morgan fingerprint density at radius 1 is 1.12 bits per heavy atom. The number of carbonyl (C=O) groups excluding carboxylic acids is 1. The van der Waals surface area contributed by atoms with E-state index >= 15 is 0 Å². The lowest BCUT2D eigenvalue weighted by molar-refractivity contribution is 0.0649. The monoisotopic (exact) mass is 224 g/mol. The Labute approximate surface area is 95.1 Å². The maximum absolute atomic E-state index is 12.1. The van der Waals surface area contributed by atoms with Crippen LogP contribution in [0.1, 0.15) is 17.3 Å². The van der Waals surface area contributed by atoms with Crippen LogP contribution in [0.15, 0.2) is 18.2 Å². The molecule has 1 aromatic rings. The number of hydrogen-bond donors (Lipinski definition) is 0. The van der Waals surface area contributed by atoms with Crippen molar-refractivity contribution in [3.05, 3.63) is 23.8 Å². The number of hydrogen-bond acceptors (Lipinski definition) is 4. The minimum absolute atomic E-state index is 0.156. The molecular formula is C12H16O4. The van der Waals surface area contributed by atoms with Crippen LogP contribution in [0.2, 0.25) is 0 Å². The molecule has 0 aliphatic carbocycles. The van der Waals surface area contributed by atoms with E-state index in [0.717, 1.165) is 0 Å². The molecule has 0 saturated heterocycles. The minimum Gasteiger partial charge on any atom is -0.496 e. The first-order valence-corrected chi connectivity index (χ1v) is 4.93. The molecule has 1 atom stereocenters. The Hall–Kier alpha value is -1.55. The summed E-state index contributed by atoms with van der Waals surface area (Å²) < 4.78 is 15.3. The Balaban J connectivity index is 3.23. The van der Waals surface area contributed by atoms with E-state index in [1.807, 2.05) is 0 Å². The first-order chi connectivity index (χ1) is 7.65. The Morgan fingerprint density at radius 3 is 2.00 bits per heavy atom. The van der Waals surface area contributed by atoms with Crippen LogP contribution in [0.5, 0.6) is 11.5 Å². The van der Waals surface area contributed by atoms with Gasteiger partial charge in [-0.25, -0.2) is 0 Å². The third-order valence-corrected chi connectivity index (χ3v) is 2.40. The Kier molecular flexibility index (Phi) is 4.31. The summed E-state index contributed by atoms with van der Waals surface area (Å²) in [4.78, 5) is 12.1. The van der Waals surface area contributed by atoms with Crippen LogP contribution in [0.4, 0.5) is 0 Å². The van der Waals surface area contributed by atoms with Crippen LogP contribution in [0.25, 0.3) is 0 Å². The summed E-state index contributed by atoms with van der Waals surface area (Å²) in [6, 6.07) is 5.21.